The van der Waals surface area contributed by atoms with E-state index < -0.39 is 15.4 Å². The van der Waals surface area contributed by atoms with Gasteiger partial charge in [-0.1, -0.05) is 60.3 Å². The quantitative estimate of drug-likeness (QED) is 0.0683. The van der Waals surface area contributed by atoms with Crippen LogP contribution in [0.3, 0.4) is 0 Å². The standard InChI is InChI=1S/C56H51N3O7S2.Na/c1-38(68(60,61)62)36-37-57-55-51(39-12-16-41(17-13-39)58(43-20-28-47(63-2)29-21-43)44-22-30-48(64-3)31-23-44)8-6-10-53(55)67-54-11-7-9-52(56(54)57)40-14-18-42(19-15-40)59(45-24-32-49(65-4)33-25-45)46-26-34-50(66-5)35-27-46;/h6-35,38H,36-37H2,1-5H3,(H,60,61,62);/q;+1/p-1. The summed E-state index contributed by atoms with van der Waals surface area (Å²) in [4.78, 5) is 8.62. The second-order valence-electron chi connectivity index (χ2n) is 16.2. The van der Waals surface area contributed by atoms with Crippen LogP contribution in [0.5, 0.6) is 23.0 Å². The van der Waals surface area contributed by atoms with Gasteiger partial charge in [0.25, 0.3) is 0 Å². The Balaban J connectivity index is 0.00000642. The summed E-state index contributed by atoms with van der Waals surface area (Å²) in [5.41, 5.74) is 11.5. The molecule has 1 aliphatic rings. The molecule has 344 valence electrons. The Bertz CT molecular complexity index is 2830. The summed E-state index contributed by atoms with van der Waals surface area (Å²) in [5.74, 6) is 3.06. The molecule has 0 fully saturated rings. The summed E-state index contributed by atoms with van der Waals surface area (Å²) < 4.78 is 59.0. The van der Waals surface area contributed by atoms with E-state index in [4.69, 9.17) is 18.9 Å². The molecular formula is C56H50N3NaO7S2. The van der Waals surface area contributed by atoms with Gasteiger partial charge in [-0.2, -0.15) is 0 Å². The molecule has 0 saturated carbocycles. The van der Waals surface area contributed by atoms with Crippen LogP contribution in [-0.4, -0.2) is 53.2 Å². The zero-order valence-corrected chi connectivity index (χ0v) is 43.0. The normalized spacial score (nSPS) is 12.2. The topological polar surface area (TPSA) is 104 Å². The number of fused-ring (bicyclic) bond motifs is 2. The maximum atomic E-state index is 12.4. The first-order valence-electron chi connectivity index (χ1n) is 22.1. The Hall–Kier alpha value is -6.38. The molecule has 0 saturated heterocycles. The van der Waals surface area contributed by atoms with Crippen molar-refractivity contribution in [1.29, 1.82) is 0 Å². The van der Waals surface area contributed by atoms with Crippen LogP contribution in [0.25, 0.3) is 22.3 Å². The molecule has 0 aliphatic carbocycles. The molecule has 0 spiro atoms. The second-order valence-corrected chi connectivity index (χ2v) is 19.1. The maximum Gasteiger partial charge on any atom is 1.00 e. The predicted molar refractivity (Wildman–Crippen MR) is 274 cm³/mol. The molecule has 69 heavy (non-hydrogen) atoms. The van der Waals surface area contributed by atoms with E-state index in [1.165, 1.54) is 6.92 Å². The molecular weight excluding hydrogens is 914 g/mol. The number of ether oxygens (including phenoxy) is 4. The van der Waals surface area contributed by atoms with E-state index >= 15 is 0 Å². The summed E-state index contributed by atoms with van der Waals surface area (Å²) in [7, 11) is 2.09. The largest absolute Gasteiger partial charge is 1.00 e. The number of benzene rings is 8. The Morgan fingerprint density at radius 3 is 1.04 bits per heavy atom. The van der Waals surface area contributed by atoms with Crippen LogP contribution in [0, 0.1) is 0 Å². The first-order chi connectivity index (χ1) is 33.1. The van der Waals surface area contributed by atoms with E-state index in [9.17, 15) is 13.0 Å². The van der Waals surface area contributed by atoms with Crippen LogP contribution < -0.4 is 63.2 Å². The van der Waals surface area contributed by atoms with Crippen LogP contribution in [0.4, 0.5) is 45.5 Å². The van der Waals surface area contributed by atoms with Gasteiger partial charge in [-0.15, -0.1) is 0 Å². The Morgan fingerprint density at radius 2 is 0.768 bits per heavy atom. The minimum absolute atomic E-state index is 0. The third-order valence-electron chi connectivity index (χ3n) is 12.2. The van der Waals surface area contributed by atoms with Crippen LogP contribution in [0.15, 0.2) is 192 Å². The SMILES string of the molecule is COc1ccc(N(c2ccc(OC)cc2)c2ccc(-c3cccc4c3N(CCC(C)S(=O)(=O)[O-])c3c(cccc3-c3ccc(N(c5ccc(OC)cc5)c5ccc(OC)cc5)cc3)S4)cc2)cc1.[Na+]. The van der Waals surface area contributed by atoms with Gasteiger partial charge in [0, 0.05) is 66.8 Å². The van der Waals surface area contributed by atoms with Gasteiger partial charge in [-0.25, -0.2) is 8.42 Å². The minimum atomic E-state index is -4.54. The summed E-state index contributed by atoms with van der Waals surface area (Å²) in [6, 6.07) is 61.3. The first kappa shape index (κ1) is 49.1. The summed E-state index contributed by atoms with van der Waals surface area (Å²) >= 11 is 1.68. The van der Waals surface area contributed by atoms with Crippen molar-refractivity contribution in [3.63, 3.8) is 0 Å². The Labute approximate surface area is 431 Å². The molecule has 0 bridgehead atoms. The number of anilines is 8. The summed E-state index contributed by atoms with van der Waals surface area (Å²) in [6.07, 6.45) is 0.132. The van der Waals surface area contributed by atoms with Crippen molar-refractivity contribution in [2.45, 2.75) is 28.4 Å². The molecule has 0 N–H and O–H groups in total. The van der Waals surface area contributed by atoms with E-state index in [0.717, 1.165) is 101 Å². The smallest absolute Gasteiger partial charge is 0.748 e. The van der Waals surface area contributed by atoms with Gasteiger partial charge < -0.3 is 38.2 Å². The molecule has 9 rings (SSSR count). The van der Waals surface area contributed by atoms with Crippen molar-refractivity contribution in [1.82, 2.24) is 0 Å². The Kier molecular flexibility index (Phi) is 15.3. The first-order valence-corrected chi connectivity index (χ1v) is 24.4. The monoisotopic (exact) mass is 963 g/mol. The van der Waals surface area contributed by atoms with Crippen LogP contribution in [-0.2, 0) is 10.1 Å². The molecule has 1 atom stereocenters. The molecule has 10 nitrogen and oxygen atoms in total. The molecule has 13 heteroatoms. The fourth-order valence-electron chi connectivity index (χ4n) is 8.54. The average Bonchev–Trinajstić information content (AvgIpc) is 3.38. The van der Waals surface area contributed by atoms with Crippen molar-refractivity contribution in [3.05, 3.63) is 182 Å². The fraction of sp³-hybridized carbons (Fsp3) is 0.143. The van der Waals surface area contributed by atoms with Crippen molar-refractivity contribution >= 4 is 67.4 Å². The van der Waals surface area contributed by atoms with E-state index in [2.05, 4.69) is 99.6 Å². The maximum absolute atomic E-state index is 12.4. The van der Waals surface area contributed by atoms with Gasteiger partial charge in [0.05, 0.1) is 49.9 Å². The third-order valence-corrected chi connectivity index (χ3v) is 14.5. The molecule has 1 unspecified atom stereocenters. The van der Waals surface area contributed by atoms with Gasteiger partial charge in [0.15, 0.2) is 0 Å². The average molecular weight is 964 g/mol. The van der Waals surface area contributed by atoms with Crippen molar-refractivity contribution in [3.8, 4) is 45.3 Å². The van der Waals surface area contributed by atoms with Crippen LogP contribution in [0.1, 0.15) is 13.3 Å². The molecule has 8 aromatic rings. The minimum Gasteiger partial charge on any atom is -0.748 e. The van der Waals surface area contributed by atoms with E-state index in [-0.39, 0.29) is 36.0 Å². The second kappa shape index (κ2) is 21.5. The predicted octanol–water partition coefficient (Wildman–Crippen LogP) is 10.9. The van der Waals surface area contributed by atoms with Gasteiger partial charge >= 0.3 is 29.6 Å². The number of para-hydroxylation sites is 2. The van der Waals surface area contributed by atoms with Crippen molar-refractivity contribution in [2.75, 3.05) is 49.7 Å². The molecule has 1 aliphatic heterocycles. The van der Waals surface area contributed by atoms with E-state index in [0.29, 0.717) is 6.54 Å². The molecule has 0 radical (unpaired) electrons. The van der Waals surface area contributed by atoms with Crippen LogP contribution in [0.2, 0.25) is 0 Å². The number of hydrogen-bond acceptors (Lipinski definition) is 11. The number of nitrogens with zero attached hydrogens (tertiary/aromatic N) is 3. The van der Waals surface area contributed by atoms with E-state index in [1.807, 2.05) is 97.1 Å². The summed E-state index contributed by atoms with van der Waals surface area (Å²) in [5, 5.41) is -1.09. The fourth-order valence-corrected chi connectivity index (χ4v) is 10.1. The van der Waals surface area contributed by atoms with Crippen molar-refractivity contribution in [2.24, 2.45) is 0 Å². The van der Waals surface area contributed by atoms with Gasteiger partial charge in [-0.3, -0.25) is 0 Å². The van der Waals surface area contributed by atoms with Gasteiger partial charge in [0.1, 0.15) is 23.0 Å². The van der Waals surface area contributed by atoms with E-state index in [1.54, 1.807) is 40.2 Å². The van der Waals surface area contributed by atoms with Gasteiger partial charge in [0.2, 0.25) is 0 Å². The molecule has 1 heterocycles. The third kappa shape index (κ3) is 10.5. The zero-order chi connectivity index (χ0) is 47.4. The Morgan fingerprint density at radius 1 is 0.478 bits per heavy atom. The van der Waals surface area contributed by atoms with Gasteiger partial charge in [-0.05, 0) is 158 Å². The number of hydrogen-bond donors (Lipinski definition) is 0. The molecule has 0 aromatic heterocycles. The molecule has 0 amide bonds. The zero-order valence-electron chi connectivity index (χ0n) is 39.3. The molecule has 8 aromatic carbocycles. The summed E-state index contributed by atoms with van der Waals surface area (Å²) in [6.45, 7) is 1.78. The number of rotatable bonds is 16. The van der Waals surface area contributed by atoms with Crippen molar-refractivity contribution < 1.29 is 61.5 Å². The number of methoxy groups -OCH3 is 4. The van der Waals surface area contributed by atoms with Crippen LogP contribution >= 0.6 is 11.8 Å².